The maximum absolute atomic E-state index is 12.3. The molecule has 3 nitrogen and oxygen atoms in total. The molecule has 108 valence electrons. The van der Waals surface area contributed by atoms with E-state index in [1.165, 1.54) is 0 Å². The van der Waals surface area contributed by atoms with Gasteiger partial charge in [-0.3, -0.25) is 4.79 Å². The minimum absolute atomic E-state index is 0.162. The smallest absolute Gasteiger partial charge is 0.264 e. The van der Waals surface area contributed by atoms with Gasteiger partial charge in [-0.2, -0.15) is 0 Å². The number of benzene rings is 1. The second-order valence-electron chi connectivity index (χ2n) is 5.43. The first kappa shape index (κ1) is 16.4. The van der Waals surface area contributed by atoms with E-state index in [4.69, 9.17) is 22.8 Å². The number of rotatable bonds is 5. The highest BCUT2D eigenvalue weighted by atomic mass is 35.5. The van der Waals surface area contributed by atoms with Crippen LogP contribution in [0.3, 0.4) is 0 Å². The molecule has 1 aromatic carbocycles. The van der Waals surface area contributed by atoms with Crippen LogP contribution in [0, 0.1) is 18.3 Å². The molecule has 0 saturated heterocycles. The van der Waals surface area contributed by atoms with Crippen LogP contribution < -0.4 is 10.1 Å². The number of amides is 1. The second-order valence-corrected chi connectivity index (χ2v) is 5.86. The van der Waals surface area contributed by atoms with E-state index in [0.29, 0.717) is 10.8 Å². The van der Waals surface area contributed by atoms with Crippen molar-refractivity contribution in [2.75, 3.05) is 0 Å². The first-order chi connectivity index (χ1) is 9.26. The van der Waals surface area contributed by atoms with Gasteiger partial charge < -0.3 is 10.1 Å². The van der Waals surface area contributed by atoms with E-state index in [1.54, 1.807) is 38.1 Å². The fourth-order valence-electron chi connectivity index (χ4n) is 1.56. The van der Waals surface area contributed by atoms with Crippen molar-refractivity contribution in [3.8, 4) is 18.1 Å². The number of terminal acetylenes is 1. The Morgan fingerprint density at radius 1 is 1.35 bits per heavy atom. The molecule has 4 heteroatoms. The highest BCUT2D eigenvalue weighted by molar-refractivity contribution is 6.30. The molecule has 0 spiro atoms. The number of hydrogen-bond donors (Lipinski definition) is 1. The van der Waals surface area contributed by atoms with Crippen LogP contribution in [0.5, 0.6) is 5.75 Å². The summed E-state index contributed by atoms with van der Waals surface area (Å²) < 4.78 is 5.70. The predicted molar refractivity (Wildman–Crippen MR) is 81.8 cm³/mol. The summed E-state index contributed by atoms with van der Waals surface area (Å²) in [5, 5.41) is 3.43. The van der Waals surface area contributed by atoms with Gasteiger partial charge >= 0.3 is 0 Å². The molecule has 0 fully saturated rings. The predicted octanol–water partition coefficient (Wildman–Crippen LogP) is 3.27. The van der Waals surface area contributed by atoms with Crippen molar-refractivity contribution in [3.05, 3.63) is 29.3 Å². The summed E-state index contributed by atoms with van der Waals surface area (Å²) in [7, 11) is 0. The van der Waals surface area contributed by atoms with Gasteiger partial charge in [-0.05, 0) is 44.0 Å². The molecular formula is C16H20ClNO2. The third-order valence-electron chi connectivity index (χ3n) is 2.87. The van der Waals surface area contributed by atoms with Crippen LogP contribution in [0.1, 0.15) is 27.7 Å². The van der Waals surface area contributed by atoms with Crippen LogP contribution in [0.15, 0.2) is 24.3 Å². The molecule has 1 rings (SSSR count). The minimum Gasteiger partial charge on any atom is -0.478 e. The van der Waals surface area contributed by atoms with Crippen LogP contribution in [0.25, 0.3) is 0 Å². The number of hydrogen-bond acceptors (Lipinski definition) is 2. The molecule has 1 atom stereocenters. The Balaban J connectivity index is 2.75. The van der Waals surface area contributed by atoms with Gasteiger partial charge in [0.1, 0.15) is 5.75 Å². The van der Waals surface area contributed by atoms with Gasteiger partial charge in [-0.1, -0.05) is 31.4 Å². The molecule has 0 radical (unpaired) electrons. The second kappa shape index (κ2) is 6.67. The summed E-state index contributed by atoms with van der Waals surface area (Å²) in [5.74, 6) is 3.07. The summed E-state index contributed by atoms with van der Waals surface area (Å²) >= 11 is 5.81. The summed E-state index contributed by atoms with van der Waals surface area (Å²) in [6.07, 6.45) is 5.41. The molecule has 1 N–H and O–H groups in total. The van der Waals surface area contributed by atoms with E-state index >= 15 is 0 Å². The lowest BCUT2D eigenvalue weighted by atomic mass is 10.0. The largest absolute Gasteiger partial charge is 0.478 e. The molecular weight excluding hydrogens is 274 g/mol. The van der Waals surface area contributed by atoms with Gasteiger partial charge in [0.2, 0.25) is 0 Å². The van der Waals surface area contributed by atoms with Crippen LogP contribution in [-0.2, 0) is 4.79 Å². The average Bonchev–Trinajstić information content (AvgIpc) is 2.37. The maximum Gasteiger partial charge on any atom is 0.264 e. The first-order valence-electron chi connectivity index (χ1n) is 6.48. The number of carbonyl (C=O) groups excluding carboxylic acids is 1. The SMILES string of the molecule is C#CC(NC(=O)C(C)(C)Oc1ccc(Cl)cc1)C(C)C. The number of carbonyl (C=O) groups is 1. The van der Waals surface area contributed by atoms with Gasteiger partial charge in [-0.25, -0.2) is 0 Å². The standard InChI is InChI=1S/C16H20ClNO2/c1-6-14(11(2)3)18-15(19)16(4,5)20-13-9-7-12(17)8-10-13/h1,7-11,14H,2-5H3,(H,18,19). The lowest BCUT2D eigenvalue weighted by molar-refractivity contribution is -0.134. The summed E-state index contributed by atoms with van der Waals surface area (Å²) in [6.45, 7) is 7.31. The quantitative estimate of drug-likeness (QED) is 0.846. The minimum atomic E-state index is -1.02. The number of halogens is 1. The topological polar surface area (TPSA) is 38.3 Å². The van der Waals surface area contributed by atoms with E-state index < -0.39 is 5.60 Å². The molecule has 0 aliphatic carbocycles. The third kappa shape index (κ3) is 4.47. The van der Waals surface area contributed by atoms with Crippen molar-refractivity contribution in [2.24, 2.45) is 5.92 Å². The van der Waals surface area contributed by atoms with Crippen LogP contribution in [0.2, 0.25) is 5.02 Å². The Labute approximate surface area is 125 Å². The van der Waals surface area contributed by atoms with Crippen molar-refractivity contribution in [1.29, 1.82) is 0 Å². The first-order valence-corrected chi connectivity index (χ1v) is 6.85. The van der Waals surface area contributed by atoms with Gasteiger partial charge in [-0.15, -0.1) is 6.42 Å². The number of ether oxygens (including phenoxy) is 1. The Kier molecular flexibility index (Phi) is 5.47. The highest BCUT2D eigenvalue weighted by Gasteiger charge is 2.31. The molecule has 1 amide bonds. The van der Waals surface area contributed by atoms with Crippen molar-refractivity contribution in [2.45, 2.75) is 39.3 Å². The van der Waals surface area contributed by atoms with E-state index in [1.807, 2.05) is 13.8 Å². The van der Waals surface area contributed by atoms with Crippen molar-refractivity contribution in [1.82, 2.24) is 5.32 Å². The van der Waals surface area contributed by atoms with Crippen LogP contribution >= 0.6 is 11.6 Å². The molecule has 1 aromatic rings. The molecule has 0 heterocycles. The van der Waals surface area contributed by atoms with E-state index in [9.17, 15) is 4.79 Å². The van der Waals surface area contributed by atoms with E-state index in [2.05, 4.69) is 11.2 Å². The molecule has 0 aliphatic heterocycles. The van der Waals surface area contributed by atoms with Gasteiger partial charge in [0.05, 0.1) is 6.04 Å². The van der Waals surface area contributed by atoms with Gasteiger partial charge in [0, 0.05) is 5.02 Å². The average molecular weight is 294 g/mol. The van der Waals surface area contributed by atoms with E-state index in [-0.39, 0.29) is 17.9 Å². The summed E-state index contributed by atoms with van der Waals surface area (Å²) in [5.41, 5.74) is -1.02. The van der Waals surface area contributed by atoms with Crippen molar-refractivity contribution in [3.63, 3.8) is 0 Å². The van der Waals surface area contributed by atoms with E-state index in [0.717, 1.165) is 0 Å². The van der Waals surface area contributed by atoms with Crippen molar-refractivity contribution < 1.29 is 9.53 Å². The Bertz CT molecular complexity index is 500. The zero-order valence-corrected chi connectivity index (χ0v) is 13.0. The molecule has 20 heavy (non-hydrogen) atoms. The van der Waals surface area contributed by atoms with Gasteiger partial charge in [0.15, 0.2) is 5.60 Å². The number of nitrogens with one attached hydrogen (secondary N) is 1. The van der Waals surface area contributed by atoms with Crippen molar-refractivity contribution >= 4 is 17.5 Å². The molecule has 0 aliphatic rings. The normalized spacial score (nSPS) is 12.7. The highest BCUT2D eigenvalue weighted by Crippen LogP contribution is 2.21. The third-order valence-corrected chi connectivity index (χ3v) is 3.12. The summed E-state index contributed by atoms with van der Waals surface area (Å²) in [6, 6.07) is 6.55. The Hall–Kier alpha value is -1.66. The zero-order chi connectivity index (χ0) is 15.3. The Morgan fingerprint density at radius 2 is 1.90 bits per heavy atom. The lowest BCUT2D eigenvalue weighted by Gasteiger charge is -2.28. The monoisotopic (exact) mass is 293 g/mol. The molecule has 0 aromatic heterocycles. The fourth-order valence-corrected chi connectivity index (χ4v) is 1.69. The molecule has 0 bridgehead atoms. The lowest BCUT2D eigenvalue weighted by Crippen LogP contribution is -2.51. The van der Waals surface area contributed by atoms with Crippen LogP contribution in [0.4, 0.5) is 0 Å². The zero-order valence-electron chi connectivity index (χ0n) is 12.2. The van der Waals surface area contributed by atoms with Crippen LogP contribution in [-0.4, -0.2) is 17.6 Å². The molecule has 0 saturated carbocycles. The Morgan fingerprint density at radius 3 is 2.35 bits per heavy atom. The maximum atomic E-state index is 12.3. The summed E-state index contributed by atoms with van der Waals surface area (Å²) in [4.78, 5) is 12.3. The van der Waals surface area contributed by atoms with Gasteiger partial charge in [0.25, 0.3) is 5.91 Å². The fraction of sp³-hybridized carbons (Fsp3) is 0.438. The molecule has 1 unspecified atom stereocenters.